The quantitative estimate of drug-likeness (QED) is 0.859. The molecule has 1 N–H and O–H groups in total. The number of thiazole rings is 1. The van der Waals surface area contributed by atoms with Gasteiger partial charge in [0.25, 0.3) is 5.91 Å². The van der Waals surface area contributed by atoms with E-state index in [0.29, 0.717) is 11.3 Å². The van der Waals surface area contributed by atoms with Crippen molar-refractivity contribution in [1.29, 1.82) is 0 Å². The number of carbonyl (C=O) groups excluding carboxylic acids is 1. The highest BCUT2D eigenvalue weighted by Crippen LogP contribution is 2.32. The fourth-order valence-electron chi connectivity index (χ4n) is 1.36. The molecule has 1 amide bonds. The first-order valence-corrected chi connectivity index (χ1v) is 5.83. The average Bonchev–Trinajstić information content (AvgIpc) is 2.77. The van der Waals surface area contributed by atoms with Gasteiger partial charge in [0.05, 0.1) is 5.51 Å². The normalized spacial score (nSPS) is 11.4. The number of nitrogens with zero attached hydrogens (tertiary/aromatic N) is 1. The smallest absolute Gasteiger partial charge is 0.321 e. The Morgan fingerprint density at radius 2 is 2.05 bits per heavy atom. The van der Waals surface area contributed by atoms with Gasteiger partial charge in [-0.25, -0.2) is 9.37 Å². The highest BCUT2D eigenvalue weighted by molar-refractivity contribution is 7.12. The third-order valence-electron chi connectivity index (χ3n) is 2.12. The van der Waals surface area contributed by atoms with Crippen LogP contribution in [0.2, 0.25) is 0 Å². The second kappa shape index (κ2) is 4.96. The first-order chi connectivity index (χ1) is 8.88. The fourth-order valence-corrected chi connectivity index (χ4v) is 2.06. The van der Waals surface area contributed by atoms with Crippen LogP contribution < -0.4 is 5.32 Å². The summed E-state index contributed by atoms with van der Waals surface area (Å²) in [7, 11) is 0. The molecule has 0 fully saturated rings. The number of amides is 1. The minimum atomic E-state index is -4.70. The number of carbonyl (C=O) groups is 1. The summed E-state index contributed by atoms with van der Waals surface area (Å²) in [5.74, 6) is -1.57. The first kappa shape index (κ1) is 13.5. The third kappa shape index (κ3) is 3.08. The monoisotopic (exact) mass is 290 g/mol. The molecule has 2 aromatic rings. The summed E-state index contributed by atoms with van der Waals surface area (Å²) in [5.41, 5.74) is -0.235. The fraction of sp³-hybridized carbons (Fsp3) is 0.0909. The molecule has 3 nitrogen and oxygen atoms in total. The van der Waals surface area contributed by atoms with Gasteiger partial charge in [-0.15, -0.1) is 11.3 Å². The minimum Gasteiger partial charge on any atom is -0.321 e. The average molecular weight is 290 g/mol. The Balaban J connectivity index is 2.24. The van der Waals surface area contributed by atoms with E-state index in [1.807, 2.05) is 0 Å². The summed E-state index contributed by atoms with van der Waals surface area (Å²) >= 11 is 0.571. The van der Waals surface area contributed by atoms with E-state index in [1.54, 1.807) is 0 Å². The molecule has 0 radical (unpaired) electrons. The van der Waals surface area contributed by atoms with E-state index in [-0.39, 0.29) is 5.69 Å². The van der Waals surface area contributed by atoms with Crippen molar-refractivity contribution in [2.45, 2.75) is 6.18 Å². The topological polar surface area (TPSA) is 42.0 Å². The van der Waals surface area contributed by atoms with E-state index in [4.69, 9.17) is 0 Å². The molecule has 100 valence electrons. The van der Waals surface area contributed by atoms with E-state index in [9.17, 15) is 22.4 Å². The van der Waals surface area contributed by atoms with Crippen LogP contribution in [-0.2, 0) is 6.18 Å². The molecule has 0 unspecified atom stereocenters. The molecule has 0 aliphatic carbocycles. The summed E-state index contributed by atoms with van der Waals surface area (Å²) in [6, 6.07) is 4.87. The van der Waals surface area contributed by atoms with Crippen LogP contribution in [-0.4, -0.2) is 10.9 Å². The van der Waals surface area contributed by atoms with Crippen molar-refractivity contribution in [3.8, 4) is 0 Å². The zero-order valence-electron chi connectivity index (χ0n) is 9.16. The van der Waals surface area contributed by atoms with E-state index < -0.39 is 28.5 Å². The van der Waals surface area contributed by atoms with Crippen LogP contribution in [0.3, 0.4) is 0 Å². The van der Waals surface area contributed by atoms with Gasteiger partial charge >= 0.3 is 6.18 Å². The van der Waals surface area contributed by atoms with Crippen molar-refractivity contribution in [2.75, 3.05) is 5.32 Å². The van der Waals surface area contributed by atoms with Crippen molar-refractivity contribution in [3.63, 3.8) is 0 Å². The van der Waals surface area contributed by atoms with Gasteiger partial charge < -0.3 is 5.32 Å². The Bertz CT molecular complexity index is 609. The first-order valence-electron chi connectivity index (χ1n) is 4.95. The predicted octanol–water partition coefficient (Wildman–Crippen LogP) is 3.55. The lowest BCUT2D eigenvalue weighted by Crippen LogP contribution is -2.17. The summed E-state index contributed by atoms with van der Waals surface area (Å²) in [4.78, 5) is 14.3. The Kier molecular flexibility index (Phi) is 3.52. The molecular weight excluding hydrogens is 284 g/mol. The Hall–Kier alpha value is -1.96. The van der Waals surface area contributed by atoms with Crippen molar-refractivity contribution in [3.05, 3.63) is 46.2 Å². The van der Waals surface area contributed by atoms with Gasteiger partial charge in [-0.3, -0.25) is 4.79 Å². The van der Waals surface area contributed by atoms with Gasteiger partial charge in [0.1, 0.15) is 10.7 Å². The lowest BCUT2D eigenvalue weighted by atomic mass is 10.3. The summed E-state index contributed by atoms with van der Waals surface area (Å²) in [6.07, 6.45) is -4.70. The summed E-state index contributed by atoms with van der Waals surface area (Å²) in [6.45, 7) is 0. The number of halogens is 4. The lowest BCUT2D eigenvalue weighted by molar-refractivity contribution is -0.141. The van der Waals surface area contributed by atoms with Crippen LogP contribution in [0.1, 0.15) is 15.4 Å². The molecular formula is C11H6F4N2OS. The molecule has 0 aliphatic heterocycles. The molecule has 0 saturated heterocycles. The lowest BCUT2D eigenvalue weighted by Gasteiger charge is -2.07. The molecule has 1 heterocycles. The number of hydrogen-bond acceptors (Lipinski definition) is 3. The van der Waals surface area contributed by atoms with Crippen molar-refractivity contribution in [2.24, 2.45) is 0 Å². The van der Waals surface area contributed by atoms with Gasteiger partial charge in [-0.1, -0.05) is 6.07 Å². The maximum absolute atomic E-state index is 12.9. The molecule has 1 aromatic carbocycles. The molecule has 0 aliphatic rings. The van der Waals surface area contributed by atoms with Crippen LogP contribution in [0.4, 0.5) is 23.2 Å². The standard InChI is InChI=1S/C11H6F4N2OS/c12-6-2-1-3-7(4-6)17-10(18)8-9(11(13,14)15)16-5-19-8/h1-5H,(H,17,18). The maximum atomic E-state index is 12.9. The number of hydrogen-bond donors (Lipinski definition) is 1. The largest absolute Gasteiger partial charge is 0.434 e. The number of nitrogens with one attached hydrogen (secondary N) is 1. The number of benzene rings is 1. The summed E-state index contributed by atoms with van der Waals surface area (Å²) in [5, 5.41) is 2.19. The Morgan fingerprint density at radius 1 is 1.32 bits per heavy atom. The Morgan fingerprint density at radius 3 is 2.68 bits per heavy atom. The van der Waals surface area contributed by atoms with Crippen molar-refractivity contribution < 1.29 is 22.4 Å². The van der Waals surface area contributed by atoms with Crippen LogP contribution >= 0.6 is 11.3 Å². The van der Waals surface area contributed by atoms with Gasteiger partial charge in [0, 0.05) is 5.69 Å². The van der Waals surface area contributed by atoms with Crippen molar-refractivity contribution >= 4 is 22.9 Å². The Labute approximate surface area is 108 Å². The maximum Gasteiger partial charge on any atom is 0.434 e. The van der Waals surface area contributed by atoms with Crippen LogP contribution in [0.25, 0.3) is 0 Å². The predicted molar refractivity (Wildman–Crippen MR) is 61.5 cm³/mol. The molecule has 0 spiro atoms. The zero-order chi connectivity index (χ0) is 14.0. The molecule has 2 rings (SSSR count). The minimum absolute atomic E-state index is 0.0755. The number of alkyl halides is 3. The van der Waals surface area contributed by atoms with Gasteiger partial charge in [-0.05, 0) is 18.2 Å². The number of anilines is 1. The SMILES string of the molecule is O=C(Nc1cccc(F)c1)c1scnc1C(F)(F)F. The van der Waals surface area contributed by atoms with E-state index in [0.717, 1.165) is 17.6 Å². The van der Waals surface area contributed by atoms with E-state index in [1.165, 1.54) is 12.1 Å². The van der Waals surface area contributed by atoms with E-state index >= 15 is 0 Å². The van der Waals surface area contributed by atoms with Crippen LogP contribution in [0.15, 0.2) is 29.8 Å². The number of rotatable bonds is 2. The zero-order valence-corrected chi connectivity index (χ0v) is 9.98. The second-order valence-electron chi connectivity index (χ2n) is 3.49. The van der Waals surface area contributed by atoms with Crippen LogP contribution in [0.5, 0.6) is 0 Å². The summed E-state index contributed by atoms with van der Waals surface area (Å²) < 4.78 is 50.5. The van der Waals surface area contributed by atoms with Crippen molar-refractivity contribution in [1.82, 2.24) is 4.98 Å². The second-order valence-corrected chi connectivity index (χ2v) is 4.35. The van der Waals surface area contributed by atoms with Gasteiger partial charge in [0.15, 0.2) is 5.69 Å². The molecule has 8 heteroatoms. The van der Waals surface area contributed by atoms with Gasteiger partial charge in [0.2, 0.25) is 0 Å². The molecule has 19 heavy (non-hydrogen) atoms. The molecule has 0 bridgehead atoms. The van der Waals surface area contributed by atoms with E-state index in [2.05, 4.69) is 10.3 Å². The number of aromatic nitrogens is 1. The highest BCUT2D eigenvalue weighted by Gasteiger charge is 2.38. The molecule has 0 saturated carbocycles. The highest BCUT2D eigenvalue weighted by atomic mass is 32.1. The molecule has 1 aromatic heterocycles. The third-order valence-corrected chi connectivity index (χ3v) is 2.95. The van der Waals surface area contributed by atoms with Gasteiger partial charge in [-0.2, -0.15) is 13.2 Å². The van der Waals surface area contributed by atoms with Crippen LogP contribution in [0, 0.1) is 5.82 Å². The molecule has 0 atom stereocenters.